The van der Waals surface area contributed by atoms with E-state index < -0.39 is 5.54 Å². The normalized spacial score (nSPS) is 17.9. The van der Waals surface area contributed by atoms with Crippen molar-refractivity contribution in [2.75, 3.05) is 17.2 Å². The van der Waals surface area contributed by atoms with Crippen LogP contribution < -0.4 is 10.6 Å². The molecule has 11 nitrogen and oxygen atoms in total. The zero-order valence-electron chi connectivity index (χ0n) is 20.3. The predicted octanol–water partition coefficient (Wildman–Crippen LogP) is 2.14. The Balaban J connectivity index is 1.62. The summed E-state index contributed by atoms with van der Waals surface area (Å²) in [6.07, 6.45) is 5.05. The Morgan fingerprint density at radius 1 is 1.23 bits per heavy atom. The van der Waals surface area contributed by atoms with Gasteiger partial charge in [0.25, 0.3) is 5.91 Å². The molecule has 0 aromatic carbocycles. The smallest absolute Gasteiger partial charge is 0.253 e. The van der Waals surface area contributed by atoms with Crippen molar-refractivity contribution >= 4 is 29.0 Å². The summed E-state index contributed by atoms with van der Waals surface area (Å²) in [6, 6.07) is 7.23. The van der Waals surface area contributed by atoms with E-state index in [-0.39, 0.29) is 17.9 Å². The van der Waals surface area contributed by atoms with Gasteiger partial charge in [0.1, 0.15) is 23.2 Å². The molecule has 0 aliphatic carbocycles. The zero-order valence-corrected chi connectivity index (χ0v) is 20.3. The fraction of sp³-hybridized carbons (Fsp3) is 0.333. The number of nitrogen functional groups attached to an aromatic ring is 1. The number of nitrogens with two attached hydrogens (primary N) is 1. The molecule has 4 aromatic rings. The van der Waals surface area contributed by atoms with Gasteiger partial charge in [0.05, 0.1) is 23.6 Å². The second-order valence-corrected chi connectivity index (χ2v) is 9.35. The van der Waals surface area contributed by atoms with Crippen molar-refractivity contribution in [3.63, 3.8) is 0 Å². The Hall–Kier alpha value is -4.28. The van der Waals surface area contributed by atoms with Crippen LogP contribution in [0.15, 0.2) is 43.0 Å². The van der Waals surface area contributed by atoms with Gasteiger partial charge in [-0.25, -0.2) is 14.5 Å². The van der Waals surface area contributed by atoms with Gasteiger partial charge in [0.15, 0.2) is 5.82 Å². The van der Waals surface area contributed by atoms with Gasteiger partial charge in [-0.15, -0.1) is 0 Å². The van der Waals surface area contributed by atoms with E-state index in [1.807, 2.05) is 38.4 Å². The molecule has 0 bridgehead atoms. The van der Waals surface area contributed by atoms with E-state index in [0.717, 1.165) is 11.1 Å². The number of hydrogen-bond acceptors (Lipinski definition) is 7. The minimum absolute atomic E-state index is 0.128. The number of amides is 2. The van der Waals surface area contributed by atoms with Crippen molar-refractivity contribution in [1.82, 2.24) is 34.3 Å². The van der Waals surface area contributed by atoms with Crippen molar-refractivity contribution in [2.24, 2.45) is 7.05 Å². The lowest BCUT2D eigenvalue weighted by Gasteiger charge is -2.48. The first kappa shape index (κ1) is 22.5. The minimum Gasteiger partial charge on any atom is -0.382 e. The highest BCUT2D eigenvalue weighted by atomic mass is 16.2. The summed E-state index contributed by atoms with van der Waals surface area (Å²) in [5.41, 5.74) is 8.95. The number of carbonyl (C=O) groups is 2. The third kappa shape index (κ3) is 3.50. The summed E-state index contributed by atoms with van der Waals surface area (Å²) >= 11 is 0. The van der Waals surface area contributed by atoms with Crippen LogP contribution in [0, 0.1) is 0 Å². The standard InChI is InChI=1S/C24H27N9O2/c1-14-11-31(15(2)34)24(3,4)23(35)32(14)20-8-6-7-18(29-20)19-9-17(16-10-27-30(5)12-16)21-22(25)26-13-28-33(19)21/h6-10,12-14H,11H2,1-5H3,(H2,25,26,28). The molecule has 1 atom stereocenters. The van der Waals surface area contributed by atoms with E-state index in [4.69, 9.17) is 10.7 Å². The number of pyridine rings is 1. The molecule has 0 spiro atoms. The third-order valence-corrected chi connectivity index (χ3v) is 6.53. The molecular formula is C24H27N9O2. The summed E-state index contributed by atoms with van der Waals surface area (Å²) in [7, 11) is 1.85. The first-order chi connectivity index (χ1) is 16.6. The van der Waals surface area contributed by atoms with Crippen LogP contribution in [0.5, 0.6) is 0 Å². The number of rotatable bonds is 3. The van der Waals surface area contributed by atoms with Crippen LogP contribution in [0.3, 0.4) is 0 Å². The Morgan fingerprint density at radius 2 is 2.00 bits per heavy atom. The first-order valence-electron chi connectivity index (χ1n) is 11.3. The Bertz CT molecular complexity index is 1470. The number of fused-ring (bicyclic) bond motifs is 1. The van der Waals surface area contributed by atoms with Gasteiger partial charge in [-0.1, -0.05) is 6.07 Å². The quantitative estimate of drug-likeness (QED) is 0.483. The zero-order chi connectivity index (χ0) is 25.1. The van der Waals surface area contributed by atoms with Crippen molar-refractivity contribution in [2.45, 2.75) is 39.3 Å². The Labute approximate surface area is 202 Å². The lowest BCUT2D eigenvalue weighted by atomic mass is 9.94. The van der Waals surface area contributed by atoms with Gasteiger partial charge in [-0.3, -0.25) is 19.2 Å². The van der Waals surface area contributed by atoms with Crippen molar-refractivity contribution < 1.29 is 9.59 Å². The van der Waals surface area contributed by atoms with Gasteiger partial charge < -0.3 is 10.6 Å². The van der Waals surface area contributed by atoms with Crippen LogP contribution in [-0.2, 0) is 16.6 Å². The minimum atomic E-state index is -0.979. The van der Waals surface area contributed by atoms with Crippen LogP contribution in [0.2, 0.25) is 0 Å². The van der Waals surface area contributed by atoms with Crippen LogP contribution in [-0.4, -0.2) is 64.2 Å². The average Bonchev–Trinajstić information content (AvgIpc) is 3.41. The lowest BCUT2D eigenvalue weighted by molar-refractivity contribution is -0.146. The van der Waals surface area contributed by atoms with E-state index >= 15 is 0 Å². The molecule has 4 aromatic heterocycles. The Morgan fingerprint density at radius 3 is 2.69 bits per heavy atom. The van der Waals surface area contributed by atoms with Crippen LogP contribution >= 0.6 is 0 Å². The number of anilines is 2. The SMILES string of the molecule is CC(=O)N1CC(C)N(c2cccc(-c3cc(-c4cnn(C)c4)c4c(N)ncnn34)n2)C(=O)C1(C)C. The number of aromatic nitrogens is 6. The number of piperazine rings is 1. The molecule has 0 saturated carbocycles. The molecule has 1 unspecified atom stereocenters. The molecule has 180 valence electrons. The molecule has 5 rings (SSSR count). The van der Waals surface area contributed by atoms with Crippen molar-refractivity contribution in [3.8, 4) is 22.5 Å². The molecule has 5 heterocycles. The van der Waals surface area contributed by atoms with E-state index in [2.05, 4.69) is 15.2 Å². The molecule has 1 fully saturated rings. The highest BCUT2D eigenvalue weighted by Gasteiger charge is 2.47. The van der Waals surface area contributed by atoms with E-state index in [1.54, 1.807) is 45.1 Å². The monoisotopic (exact) mass is 473 g/mol. The maximum absolute atomic E-state index is 13.5. The molecule has 11 heteroatoms. The fourth-order valence-corrected chi connectivity index (χ4v) is 4.77. The second-order valence-electron chi connectivity index (χ2n) is 9.35. The van der Waals surface area contributed by atoms with Crippen molar-refractivity contribution in [1.29, 1.82) is 0 Å². The van der Waals surface area contributed by atoms with Gasteiger partial charge in [0.2, 0.25) is 5.91 Å². The summed E-state index contributed by atoms with van der Waals surface area (Å²) in [6.45, 7) is 7.35. The molecule has 1 aliphatic heterocycles. The van der Waals surface area contributed by atoms with Crippen LogP contribution in [0.1, 0.15) is 27.7 Å². The lowest BCUT2D eigenvalue weighted by Crippen LogP contribution is -2.67. The predicted molar refractivity (Wildman–Crippen MR) is 131 cm³/mol. The summed E-state index contributed by atoms with van der Waals surface area (Å²) in [5, 5.41) is 8.70. The van der Waals surface area contributed by atoms with E-state index in [0.29, 0.717) is 35.1 Å². The molecule has 2 N–H and O–H groups in total. The maximum Gasteiger partial charge on any atom is 0.253 e. The maximum atomic E-state index is 13.5. The molecule has 35 heavy (non-hydrogen) atoms. The van der Waals surface area contributed by atoms with E-state index in [1.165, 1.54) is 13.3 Å². The molecule has 0 radical (unpaired) electrons. The summed E-state index contributed by atoms with van der Waals surface area (Å²) in [4.78, 5) is 38.0. The highest BCUT2D eigenvalue weighted by Crippen LogP contribution is 2.35. The molecule has 1 aliphatic rings. The molecule has 2 amide bonds. The van der Waals surface area contributed by atoms with Gasteiger partial charge in [0, 0.05) is 37.8 Å². The average molecular weight is 474 g/mol. The van der Waals surface area contributed by atoms with Crippen molar-refractivity contribution in [3.05, 3.63) is 43.0 Å². The number of aryl methyl sites for hydroxylation is 1. The van der Waals surface area contributed by atoms with Crippen LogP contribution in [0.4, 0.5) is 11.6 Å². The number of hydrogen-bond donors (Lipinski definition) is 1. The number of carbonyl (C=O) groups excluding carboxylic acids is 2. The Kier molecular flexibility index (Phi) is 5.08. The third-order valence-electron chi connectivity index (χ3n) is 6.53. The topological polar surface area (TPSA) is 128 Å². The highest BCUT2D eigenvalue weighted by molar-refractivity contribution is 6.03. The van der Waals surface area contributed by atoms with E-state index in [9.17, 15) is 9.59 Å². The summed E-state index contributed by atoms with van der Waals surface area (Å²) in [5.74, 6) is 0.540. The van der Waals surface area contributed by atoms with Gasteiger partial charge in [-0.2, -0.15) is 10.2 Å². The molecule has 1 saturated heterocycles. The van der Waals surface area contributed by atoms with Gasteiger partial charge in [-0.05, 0) is 39.0 Å². The first-order valence-corrected chi connectivity index (χ1v) is 11.3. The number of nitrogens with zero attached hydrogens (tertiary/aromatic N) is 8. The van der Waals surface area contributed by atoms with Gasteiger partial charge >= 0.3 is 0 Å². The summed E-state index contributed by atoms with van der Waals surface area (Å²) < 4.78 is 3.42. The fourth-order valence-electron chi connectivity index (χ4n) is 4.77. The largest absolute Gasteiger partial charge is 0.382 e. The molecular weight excluding hydrogens is 446 g/mol. The van der Waals surface area contributed by atoms with Crippen LogP contribution in [0.25, 0.3) is 28.0 Å². The second kappa shape index (κ2) is 7.90.